The molecular weight excluding hydrogens is 364 g/mol. The molecule has 0 spiro atoms. The van der Waals surface area contributed by atoms with E-state index in [9.17, 15) is 8.42 Å². The Balaban J connectivity index is 2.40. The summed E-state index contributed by atoms with van der Waals surface area (Å²) in [5.41, 5.74) is 7.15. The highest BCUT2D eigenvalue weighted by Gasteiger charge is 2.18. The maximum Gasteiger partial charge on any atom is 0.262 e. The zero-order valence-corrected chi connectivity index (χ0v) is 13.7. The molecule has 2 aromatic carbocycles. The van der Waals surface area contributed by atoms with Crippen LogP contribution < -0.4 is 10.5 Å². The number of halogens is 2. The van der Waals surface area contributed by atoms with Gasteiger partial charge in [-0.2, -0.15) is 0 Å². The Kier molecular flexibility index (Phi) is 4.27. The number of rotatable bonds is 3. The van der Waals surface area contributed by atoms with Crippen LogP contribution in [0, 0.1) is 6.92 Å². The van der Waals surface area contributed by atoms with Crippen LogP contribution in [0.2, 0.25) is 5.02 Å². The number of benzene rings is 2. The second kappa shape index (κ2) is 5.63. The first-order valence-electron chi connectivity index (χ1n) is 5.63. The van der Waals surface area contributed by atoms with Gasteiger partial charge < -0.3 is 5.73 Å². The van der Waals surface area contributed by atoms with Gasteiger partial charge in [-0.05, 0) is 64.8 Å². The monoisotopic (exact) mass is 374 g/mol. The van der Waals surface area contributed by atoms with Crippen LogP contribution >= 0.6 is 27.5 Å². The van der Waals surface area contributed by atoms with E-state index in [2.05, 4.69) is 20.7 Å². The molecule has 0 radical (unpaired) electrons. The van der Waals surface area contributed by atoms with Gasteiger partial charge in [-0.3, -0.25) is 4.72 Å². The summed E-state index contributed by atoms with van der Waals surface area (Å²) in [6.07, 6.45) is 0. The first-order valence-corrected chi connectivity index (χ1v) is 8.29. The lowest BCUT2D eigenvalue weighted by Crippen LogP contribution is -2.14. The van der Waals surface area contributed by atoms with Crippen LogP contribution in [0.3, 0.4) is 0 Å². The third-order valence-electron chi connectivity index (χ3n) is 2.68. The topological polar surface area (TPSA) is 72.2 Å². The fraction of sp³-hybridized carbons (Fsp3) is 0.0769. The van der Waals surface area contributed by atoms with E-state index in [1.54, 1.807) is 37.3 Å². The van der Waals surface area contributed by atoms with Gasteiger partial charge in [-0.15, -0.1) is 0 Å². The predicted octanol–water partition coefficient (Wildman–Crippen LogP) is 3.79. The number of nitrogens with two attached hydrogens (primary N) is 1. The minimum absolute atomic E-state index is 0.146. The van der Waals surface area contributed by atoms with Crippen molar-refractivity contribution in [3.8, 4) is 0 Å². The van der Waals surface area contributed by atoms with Crippen molar-refractivity contribution in [2.45, 2.75) is 11.8 Å². The molecule has 0 bridgehead atoms. The highest BCUT2D eigenvalue weighted by molar-refractivity contribution is 9.10. The van der Waals surface area contributed by atoms with Gasteiger partial charge in [0.25, 0.3) is 10.0 Å². The minimum atomic E-state index is -3.69. The van der Waals surface area contributed by atoms with Crippen molar-refractivity contribution in [1.82, 2.24) is 0 Å². The molecule has 0 atom stereocenters. The lowest BCUT2D eigenvalue weighted by atomic mass is 10.2. The number of nitrogen functional groups attached to an aromatic ring is 1. The second-order valence-electron chi connectivity index (χ2n) is 4.25. The Labute approximate surface area is 131 Å². The Morgan fingerprint density at radius 3 is 2.40 bits per heavy atom. The summed E-state index contributed by atoms with van der Waals surface area (Å²) in [5.74, 6) is 0. The molecule has 0 aliphatic carbocycles. The molecule has 106 valence electrons. The van der Waals surface area contributed by atoms with Crippen molar-refractivity contribution in [3.63, 3.8) is 0 Å². The van der Waals surface area contributed by atoms with Gasteiger partial charge in [0.15, 0.2) is 0 Å². The predicted molar refractivity (Wildman–Crippen MR) is 85.6 cm³/mol. The molecule has 0 aliphatic heterocycles. The molecule has 2 rings (SSSR count). The van der Waals surface area contributed by atoms with Crippen molar-refractivity contribution >= 4 is 48.9 Å². The lowest BCUT2D eigenvalue weighted by Gasteiger charge is -2.12. The van der Waals surface area contributed by atoms with Gasteiger partial charge in [0.05, 0.1) is 4.90 Å². The smallest absolute Gasteiger partial charge is 0.262 e. The van der Waals surface area contributed by atoms with Gasteiger partial charge in [-0.25, -0.2) is 8.42 Å². The molecule has 0 saturated heterocycles. The van der Waals surface area contributed by atoms with E-state index in [0.29, 0.717) is 26.4 Å². The van der Waals surface area contributed by atoms with Crippen LogP contribution in [-0.4, -0.2) is 8.42 Å². The van der Waals surface area contributed by atoms with Gasteiger partial charge in [0.2, 0.25) is 0 Å². The zero-order valence-electron chi connectivity index (χ0n) is 10.5. The molecule has 20 heavy (non-hydrogen) atoms. The van der Waals surface area contributed by atoms with E-state index >= 15 is 0 Å². The summed E-state index contributed by atoms with van der Waals surface area (Å²) >= 11 is 9.03. The van der Waals surface area contributed by atoms with Crippen LogP contribution in [0.4, 0.5) is 11.4 Å². The molecule has 0 saturated carbocycles. The molecule has 0 heterocycles. The van der Waals surface area contributed by atoms with E-state index in [1.165, 1.54) is 6.07 Å². The summed E-state index contributed by atoms with van der Waals surface area (Å²) < 4.78 is 27.9. The fourth-order valence-corrected chi connectivity index (χ4v) is 3.59. The van der Waals surface area contributed by atoms with Crippen molar-refractivity contribution in [2.24, 2.45) is 0 Å². The quantitative estimate of drug-likeness (QED) is 0.802. The summed E-state index contributed by atoms with van der Waals surface area (Å²) in [6, 6.07) is 9.52. The lowest BCUT2D eigenvalue weighted by molar-refractivity contribution is 0.600. The van der Waals surface area contributed by atoms with Crippen LogP contribution in [0.1, 0.15) is 5.56 Å². The number of anilines is 2. The molecular formula is C13H12BrClN2O2S. The Morgan fingerprint density at radius 1 is 1.20 bits per heavy atom. The summed E-state index contributed by atoms with van der Waals surface area (Å²) in [4.78, 5) is 0.146. The minimum Gasteiger partial charge on any atom is -0.398 e. The van der Waals surface area contributed by atoms with E-state index < -0.39 is 10.0 Å². The molecule has 0 amide bonds. The third kappa shape index (κ3) is 3.26. The number of sulfonamides is 1. The standard InChI is InChI=1S/C13H12BrClN2O2S/c1-8-6-11(14)12(16)7-13(8)20(18,19)17-10-4-2-9(15)3-5-10/h2-7,17H,16H2,1H3. The summed E-state index contributed by atoms with van der Waals surface area (Å²) in [6.45, 7) is 1.71. The van der Waals surface area contributed by atoms with E-state index in [0.717, 1.165) is 0 Å². The van der Waals surface area contributed by atoms with E-state index in [-0.39, 0.29) is 4.90 Å². The Bertz CT molecular complexity index is 746. The van der Waals surface area contributed by atoms with E-state index in [4.69, 9.17) is 17.3 Å². The molecule has 3 N–H and O–H groups in total. The van der Waals surface area contributed by atoms with Crippen LogP contribution in [0.25, 0.3) is 0 Å². The third-order valence-corrected chi connectivity index (χ3v) is 5.14. The highest BCUT2D eigenvalue weighted by Crippen LogP contribution is 2.28. The highest BCUT2D eigenvalue weighted by atomic mass is 79.9. The first kappa shape index (κ1) is 15.2. The summed E-state index contributed by atoms with van der Waals surface area (Å²) in [7, 11) is -3.69. The normalized spacial score (nSPS) is 11.3. The second-order valence-corrected chi connectivity index (χ2v) is 7.19. The number of hydrogen-bond donors (Lipinski definition) is 2. The zero-order chi connectivity index (χ0) is 14.9. The van der Waals surface area contributed by atoms with Crippen molar-refractivity contribution in [1.29, 1.82) is 0 Å². The molecule has 0 fully saturated rings. The maximum atomic E-state index is 12.4. The first-order chi connectivity index (χ1) is 9.29. The fourth-order valence-electron chi connectivity index (χ4n) is 1.69. The number of hydrogen-bond acceptors (Lipinski definition) is 3. The average molecular weight is 376 g/mol. The molecule has 2 aromatic rings. The van der Waals surface area contributed by atoms with Gasteiger partial charge in [0, 0.05) is 20.9 Å². The average Bonchev–Trinajstić information content (AvgIpc) is 2.36. The van der Waals surface area contributed by atoms with Crippen molar-refractivity contribution in [2.75, 3.05) is 10.5 Å². The Hall–Kier alpha value is -1.24. The van der Waals surface area contributed by atoms with Crippen LogP contribution in [-0.2, 0) is 10.0 Å². The van der Waals surface area contributed by atoms with Crippen molar-refractivity contribution < 1.29 is 8.42 Å². The van der Waals surface area contributed by atoms with E-state index in [1.807, 2.05) is 0 Å². The molecule has 0 aliphatic rings. The SMILES string of the molecule is Cc1cc(Br)c(N)cc1S(=O)(=O)Nc1ccc(Cl)cc1. The van der Waals surface area contributed by atoms with Crippen molar-refractivity contribution in [3.05, 3.63) is 51.5 Å². The molecule has 0 aromatic heterocycles. The Morgan fingerprint density at radius 2 is 1.80 bits per heavy atom. The molecule has 4 nitrogen and oxygen atoms in total. The number of nitrogens with one attached hydrogen (secondary N) is 1. The maximum absolute atomic E-state index is 12.4. The van der Waals surface area contributed by atoms with Crippen LogP contribution in [0.15, 0.2) is 45.8 Å². The number of aryl methyl sites for hydroxylation is 1. The van der Waals surface area contributed by atoms with Gasteiger partial charge in [-0.1, -0.05) is 11.6 Å². The van der Waals surface area contributed by atoms with Gasteiger partial charge in [0.1, 0.15) is 0 Å². The van der Waals surface area contributed by atoms with Crippen LogP contribution in [0.5, 0.6) is 0 Å². The molecule has 0 unspecified atom stereocenters. The largest absolute Gasteiger partial charge is 0.398 e. The molecule has 7 heteroatoms. The summed E-state index contributed by atoms with van der Waals surface area (Å²) in [5, 5.41) is 0.539. The van der Waals surface area contributed by atoms with Gasteiger partial charge >= 0.3 is 0 Å².